The van der Waals surface area contributed by atoms with Crippen molar-refractivity contribution >= 4 is 17.9 Å². The predicted molar refractivity (Wildman–Crippen MR) is 106 cm³/mol. The summed E-state index contributed by atoms with van der Waals surface area (Å²) in [6.07, 6.45) is 0.587. The molecule has 164 valence electrons. The monoisotopic (exact) mass is 402 g/mol. The van der Waals surface area contributed by atoms with E-state index in [1.54, 1.807) is 48.5 Å². The van der Waals surface area contributed by atoms with Crippen LogP contribution in [0.2, 0.25) is 0 Å². The summed E-state index contributed by atoms with van der Waals surface area (Å²) in [6.45, 7) is 14.0. The van der Waals surface area contributed by atoms with Gasteiger partial charge >= 0.3 is 17.9 Å². The average Bonchev–Trinajstić information content (AvgIpc) is 2.52. The number of carboxylic acids is 1. The Bertz CT molecular complexity index is 562. The Hall–Kier alpha value is -1.63. The van der Waals surface area contributed by atoms with Crippen molar-refractivity contribution in [2.75, 3.05) is 20.3 Å². The van der Waals surface area contributed by atoms with E-state index in [4.69, 9.17) is 14.2 Å². The van der Waals surface area contributed by atoms with E-state index in [1.807, 2.05) is 6.92 Å². The average molecular weight is 403 g/mol. The van der Waals surface area contributed by atoms with Gasteiger partial charge in [-0.05, 0) is 67.7 Å². The lowest BCUT2D eigenvalue weighted by Crippen LogP contribution is -2.45. The molecule has 7 nitrogen and oxygen atoms in total. The third-order valence-corrected chi connectivity index (χ3v) is 4.88. The minimum absolute atomic E-state index is 0.0273. The smallest absolute Gasteiger partial charge is 0.312 e. The first-order valence-corrected chi connectivity index (χ1v) is 9.66. The summed E-state index contributed by atoms with van der Waals surface area (Å²) in [5.74, 6) is -1.97. The van der Waals surface area contributed by atoms with Gasteiger partial charge in [0.05, 0.1) is 22.9 Å². The zero-order chi connectivity index (χ0) is 22.4. The molecule has 0 bridgehead atoms. The number of ether oxygens (including phenoxy) is 3. The fourth-order valence-electron chi connectivity index (χ4n) is 3.25. The molecule has 0 aliphatic carbocycles. The van der Waals surface area contributed by atoms with Crippen LogP contribution in [0.25, 0.3) is 0 Å². The van der Waals surface area contributed by atoms with Gasteiger partial charge in [-0.3, -0.25) is 14.4 Å². The molecule has 0 saturated heterocycles. The molecular formula is C21H38O7. The summed E-state index contributed by atoms with van der Waals surface area (Å²) in [7, 11) is 1.50. The van der Waals surface area contributed by atoms with Crippen LogP contribution in [0, 0.1) is 16.2 Å². The third-order valence-electron chi connectivity index (χ3n) is 4.88. The summed E-state index contributed by atoms with van der Waals surface area (Å²) in [5.41, 5.74) is -3.98. The standard InChI is InChI=1S/C21H38O7/c1-10-20(7,17(25)28-18(2,3)4)14-21(8,13-19(5,6)15(22)23)16(24)27-12-11-26-9/h10-14H2,1-9H3,(H,22,23). The highest BCUT2D eigenvalue weighted by Gasteiger charge is 2.50. The molecule has 0 aromatic rings. The fourth-order valence-corrected chi connectivity index (χ4v) is 3.25. The highest BCUT2D eigenvalue weighted by molar-refractivity contribution is 5.82. The van der Waals surface area contributed by atoms with Crippen molar-refractivity contribution in [2.24, 2.45) is 16.2 Å². The van der Waals surface area contributed by atoms with Gasteiger partial charge in [0.15, 0.2) is 0 Å². The molecule has 0 aromatic carbocycles. The molecule has 0 rings (SSSR count). The number of esters is 2. The number of hydrogen-bond donors (Lipinski definition) is 1. The van der Waals surface area contributed by atoms with Crippen molar-refractivity contribution in [3.8, 4) is 0 Å². The van der Waals surface area contributed by atoms with Gasteiger partial charge in [-0.1, -0.05) is 6.92 Å². The van der Waals surface area contributed by atoms with Crippen LogP contribution >= 0.6 is 0 Å². The van der Waals surface area contributed by atoms with Crippen molar-refractivity contribution in [3.63, 3.8) is 0 Å². The van der Waals surface area contributed by atoms with Gasteiger partial charge in [0.2, 0.25) is 0 Å². The summed E-state index contributed by atoms with van der Waals surface area (Å²) >= 11 is 0. The second-order valence-corrected chi connectivity index (χ2v) is 9.65. The van der Waals surface area contributed by atoms with Crippen molar-refractivity contribution in [3.05, 3.63) is 0 Å². The molecule has 0 amide bonds. The molecule has 0 aliphatic rings. The number of hydrogen-bond acceptors (Lipinski definition) is 6. The Morgan fingerprint density at radius 2 is 1.36 bits per heavy atom. The number of carbonyl (C=O) groups is 3. The van der Waals surface area contributed by atoms with E-state index in [9.17, 15) is 19.5 Å². The van der Waals surface area contributed by atoms with Crippen molar-refractivity contribution in [1.29, 1.82) is 0 Å². The maximum atomic E-state index is 12.9. The van der Waals surface area contributed by atoms with Gasteiger partial charge in [-0.25, -0.2) is 0 Å². The van der Waals surface area contributed by atoms with Crippen LogP contribution in [0.15, 0.2) is 0 Å². The van der Waals surface area contributed by atoms with Crippen LogP contribution < -0.4 is 0 Å². The van der Waals surface area contributed by atoms with Crippen LogP contribution in [0.4, 0.5) is 0 Å². The van der Waals surface area contributed by atoms with Crippen molar-refractivity contribution in [2.45, 2.75) is 80.3 Å². The Morgan fingerprint density at radius 3 is 1.75 bits per heavy atom. The normalized spacial score (nSPS) is 16.6. The summed E-state index contributed by atoms with van der Waals surface area (Å²) in [4.78, 5) is 37.5. The Morgan fingerprint density at radius 1 is 0.821 bits per heavy atom. The Labute approximate surface area is 169 Å². The molecule has 28 heavy (non-hydrogen) atoms. The van der Waals surface area contributed by atoms with Gasteiger partial charge in [-0.15, -0.1) is 0 Å². The van der Waals surface area contributed by atoms with E-state index in [1.165, 1.54) is 7.11 Å². The van der Waals surface area contributed by atoms with Crippen molar-refractivity contribution in [1.82, 2.24) is 0 Å². The van der Waals surface area contributed by atoms with Gasteiger partial charge in [0.25, 0.3) is 0 Å². The maximum Gasteiger partial charge on any atom is 0.312 e. The molecule has 0 aliphatic heterocycles. The molecule has 0 spiro atoms. The summed E-state index contributed by atoms with van der Waals surface area (Å²) < 4.78 is 15.8. The molecule has 1 N–H and O–H groups in total. The fraction of sp³-hybridized carbons (Fsp3) is 0.857. The topological polar surface area (TPSA) is 99.1 Å². The van der Waals surface area contributed by atoms with E-state index in [2.05, 4.69) is 0 Å². The molecule has 2 unspecified atom stereocenters. The quantitative estimate of drug-likeness (QED) is 0.414. The van der Waals surface area contributed by atoms with Crippen LogP contribution in [-0.2, 0) is 28.6 Å². The highest BCUT2D eigenvalue weighted by atomic mass is 16.6. The van der Waals surface area contributed by atoms with Crippen LogP contribution in [0.5, 0.6) is 0 Å². The van der Waals surface area contributed by atoms with Gasteiger partial charge < -0.3 is 19.3 Å². The Kier molecular flexibility index (Phi) is 9.15. The second-order valence-electron chi connectivity index (χ2n) is 9.65. The zero-order valence-corrected chi connectivity index (χ0v) is 18.9. The van der Waals surface area contributed by atoms with E-state index in [0.717, 1.165) is 0 Å². The number of carbonyl (C=O) groups excluding carboxylic acids is 2. The van der Waals surface area contributed by atoms with E-state index < -0.39 is 39.8 Å². The second kappa shape index (κ2) is 9.72. The molecule has 0 radical (unpaired) electrons. The minimum atomic E-state index is -1.18. The van der Waals surface area contributed by atoms with Crippen molar-refractivity contribution < 1.29 is 33.7 Å². The summed E-state index contributed by atoms with van der Waals surface area (Å²) in [5, 5.41) is 9.55. The molecule has 7 heteroatoms. The Balaban J connectivity index is 5.85. The molecule has 0 fully saturated rings. The molecule has 0 heterocycles. The van der Waals surface area contributed by atoms with Crippen LogP contribution in [0.3, 0.4) is 0 Å². The predicted octanol–water partition coefficient (Wildman–Crippen LogP) is 3.83. The first-order chi connectivity index (χ1) is 12.5. The number of rotatable bonds is 11. The lowest BCUT2D eigenvalue weighted by molar-refractivity contribution is -0.174. The van der Waals surface area contributed by atoms with Gasteiger partial charge in [0, 0.05) is 7.11 Å². The number of aliphatic carboxylic acids is 1. The molecular weight excluding hydrogens is 364 g/mol. The van der Waals surface area contributed by atoms with Crippen LogP contribution in [0.1, 0.15) is 74.7 Å². The molecule has 2 atom stereocenters. The lowest BCUT2D eigenvalue weighted by Gasteiger charge is -2.40. The van der Waals surface area contributed by atoms with Gasteiger partial charge in [0.1, 0.15) is 12.2 Å². The van der Waals surface area contributed by atoms with Crippen LogP contribution in [-0.4, -0.2) is 48.9 Å². The largest absolute Gasteiger partial charge is 0.481 e. The third kappa shape index (κ3) is 7.78. The zero-order valence-electron chi connectivity index (χ0n) is 18.9. The lowest BCUT2D eigenvalue weighted by atomic mass is 9.65. The van der Waals surface area contributed by atoms with E-state index in [-0.39, 0.29) is 26.1 Å². The SMILES string of the molecule is CCC(C)(CC(C)(CC(C)(C)C(=O)O)C(=O)OCCOC)C(=O)OC(C)(C)C. The number of carboxylic acid groups (broad SMARTS) is 1. The first-order valence-electron chi connectivity index (χ1n) is 9.66. The first kappa shape index (κ1) is 26.4. The van der Waals surface area contributed by atoms with Gasteiger partial charge in [-0.2, -0.15) is 0 Å². The molecule has 0 aromatic heterocycles. The van der Waals surface area contributed by atoms with E-state index in [0.29, 0.717) is 6.42 Å². The maximum absolute atomic E-state index is 12.9. The van der Waals surface area contributed by atoms with E-state index >= 15 is 0 Å². The molecule has 0 saturated carbocycles. The highest BCUT2D eigenvalue weighted by Crippen LogP contribution is 2.45. The summed E-state index contributed by atoms with van der Waals surface area (Å²) in [6, 6.07) is 0. The number of methoxy groups -OCH3 is 1. The minimum Gasteiger partial charge on any atom is -0.481 e.